The lowest BCUT2D eigenvalue weighted by Crippen LogP contribution is -2.36. The van der Waals surface area contributed by atoms with Crippen LogP contribution >= 0.6 is 0 Å². The molecule has 5 rings (SSSR count). The number of fused-ring (bicyclic) bond motifs is 1. The number of benzene rings is 3. The summed E-state index contributed by atoms with van der Waals surface area (Å²) < 4.78 is 11.2. The maximum absolute atomic E-state index is 13.1. The SMILES string of the molecule is CCOC(=O)C1CCN(Cc2c(O)ccc3c2O/C(=C/c2ccc(-c4ccccc4)cc2)C3=O)CC1. The van der Waals surface area contributed by atoms with E-state index in [1.165, 1.54) is 0 Å². The number of nitrogens with zero attached hydrogens (tertiary/aromatic N) is 1. The fraction of sp³-hybridized carbons (Fsp3) is 0.267. The lowest BCUT2D eigenvalue weighted by molar-refractivity contribution is -0.149. The van der Waals surface area contributed by atoms with Gasteiger partial charge in [0.2, 0.25) is 5.78 Å². The van der Waals surface area contributed by atoms with Gasteiger partial charge in [-0.25, -0.2) is 0 Å². The number of hydrogen-bond donors (Lipinski definition) is 1. The molecule has 1 fully saturated rings. The normalized spacial score (nSPS) is 17.1. The van der Waals surface area contributed by atoms with Crippen LogP contribution in [0.2, 0.25) is 0 Å². The van der Waals surface area contributed by atoms with Crippen LogP contribution in [0, 0.1) is 5.92 Å². The summed E-state index contributed by atoms with van der Waals surface area (Å²) in [6.45, 7) is 4.06. The molecule has 2 heterocycles. The second-order valence-corrected chi connectivity index (χ2v) is 9.17. The number of hydrogen-bond acceptors (Lipinski definition) is 6. The van der Waals surface area contributed by atoms with E-state index in [0.29, 0.717) is 56.0 Å². The Hall–Kier alpha value is -3.90. The lowest BCUT2D eigenvalue weighted by atomic mass is 9.96. The molecule has 3 aromatic rings. The summed E-state index contributed by atoms with van der Waals surface area (Å²) in [5, 5.41) is 10.6. The Labute approximate surface area is 210 Å². The van der Waals surface area contributed by atoms with Crippen molar-refractivity contribution in [3.63, 3.8) is 0 Å². The van der Waals surface area contributed by atoms with Gasteiger partial charge in [-0.15, -0.1) is 0 Å². The molecule has 1 saturated heterocycles. The van der Waals surface area contributed by atoms with Crippen molar-refractivity contribution < 1.29 is 24.2 Å². The van der Waals surface area contributed by atoms with Gasteiger partial charge < -0.3 is 14.6 Å². The average Bonchev–Trinajstić information content (AvgIpc) is 3.22. The molecule has 0 radical (unpaired) electrons. The number of carbonyl (C=O) groups is 2. The quantitative estimate of drug-likeness (QED) is 0.371. The van der Waals surface area contributed by atoms with Gasteiger partial charge in [-0.2, -0.15) is 0 Å². The summed E-state index contributed by atoms with van der Waals surface area (Å²) in [4.78, 5) is 27.3. The monoisotopic (exact) mass is 483 g/mol. The topological polar surface area (TPSA) is 76.1 Å². The van der Waals surface area contributed by atoms with Gasteiger partial charge in [0.25, 0.3) is 0 Å². The molecule has 0 saturated carbocycles. The largest absolute Gasteiger partial charge is 0.507 e. The predicted octanol–water partition coefficient (Wildman–Crippen LogP) is 5.45. The predicted molar refractivity (Wildman–Crippen MR) is 138 cm³/mol. The molecule has 1 N–H and O–H groups in total. The van der Waals surface area contributed by atoms with Gasteiger partial charge >= 0.3 is 5.97 Å². The molecule has 0 aromatic heterocycles. The first-order valence-corrected chi connectivity index (χ1v) is 12.4. The number of likely N-dealkylation sites (tertiary alicyclic amines) is 1. The van der Waals surface area contributed by atoms with Crippen LogP contribution in [0.3, 0.4) is 0 Å². The molecule has 0 amide bonds. The Morgan fingerprint density at radius 1 is 1.03 bits per heavy atom. The van der Waals surface area contributed by atoms with Gasteiger partial charge in [0.05, 0.1) is 23.7 Å². The number of ether oxygens (including phenoxy) is 2. The zero-order valence-electron chi connectivity index (χ0n) is 20.3. The fourth-order valence-electron chi connectivity index (χ4n) is 4.81. The Morgan fingerprint density at radius 2 is 1.72 bits per heavy atom. The number of aromatic hydroxyl groups is 1. The minimum atomic E-state index is -0.195. The first-order chi connectivity index (χ1) is 17.5. The second kappa shape index (κ2) is 10.4. The Morgan fingerprint density at radius 3 is 2.42 bits per heavy atom. The van der Waals surface area contributed by atoms with Crippen molar-refractivity contribution in [2.24, 2.45) is 5.92 Å². The number of esters is 1. The maximum Gasteiger partial charge on any atom is 0.309 e. The zero-order chi connectivity index (χ0) is 25.1. The van der Waals surface area contributed by atoms with E-state index in [1.807, 2.05) is 49.4 Å². The lowest BCUT2D eigenvalue weighted by Gasteiger charge is -2.31. The number of piperidine rings is 1. The van der Waals surface area contributed by atoms with Crippen LogP contribution in [0.15, 0.2) is 72.5 Å². The van der Waals surface area contributed by atoms with Crippen LogP contribution in [0.5, 0.6) is 11.5 Å². The van der Waals surface area contributed by atoms with Gasteiger partial charge in [-0.05, 0) is 67.8 Å². The van der Waals surface area contributed by atoms with Gasteiger partial charge in [0, 0.05) is 6.54 Å². The summed E-state index contributed by atoms with van der Waals surface area (Å²) in [6.07, 6.45) is 3.15. The Bertz CT molecular complexity index is 1290. The third kappa shape index (κ3) is 4.90. The van der Waals surface area contributed by atoms with E-state index >= 15 is 0 Å². The van der Waals surface area contributed by atoms with Crippen LogP contribution < -0.4 is 4.74 Å². The highest BCUT2D eigenvalue weighted by Crippen LogP contribution is 2.40. The minimum Gasteiger partial charge on any atom is -0.507 e. The van der Waals surface area contributed by atoms with E-state index in [0.717, 1.165) is 16.7 Å². The summed E-state index contributed by atoms with van der Waals surface area (Å²) in [5.74, 6) is 0.338. The zero-order valence-corrected chi connectivity index (χ0v) is 20.3. The first kappa shape index (κ1) is 23.8. The van der Waals surface area contributed by atoms with E-state index < -0.39 is 0 Å². The van der Waals surface area contributed by atoms with Gasteiger partial charge in [0.1, 0.15) is 11.5 Å². The molecule has 2 aliphatic rings. The molecule has 0 atom stereocenters. The van der Waals surface area contributed by atoms with Crippen molar-refractivity contribution >= 4 is 17.8 Å². The number of allylic oxidation sites excluding steroid dienone is 1. The highest BCUT2D eigenvalue weighted by Gasteiger charge is 2.33. The maximum atomic E-state index is 13.1. The van der Waals surface area contributed by atoms with Gasteiger partial charge in [-0.3, -0.25) is 14.5 Å². The van der Waals surface area contributed by atoms with Crippen LogP contribution in [-0.4, -0.2) is 41.5 Å². The molecule has 0 bridgehead atoms. The molecule has 0 spiro atoms. The van der Waals surface area contributed by atoms with E-state index in [-0.39, 0.29) is 29.2 Å². The number of carbonyl (C=O) groups excluding carboxylic acids is 2. The molecule has 6 nitrogen and oxygen atoms in total. The highest BCUT2D eigenvalue weighted by atomic mass is 16.5. The average molecular weight is 484 g/mol. The summed E-state index contributed by atoms with van der Waals surface area (Å²) >= 11 is 0. The van der Waals surface area contributed by atoms with Gasteiger partial charge in [0.15, 0.2) is 5.76 Å². The summed E-state index contributed by atoms with van der Waals surface area (Å²) in [5.41, 5.74) is 4.13. The van der Waals surface area contributed by atoms with Crippen molar-refractivity contribution in [2.45, 2.75) is 26.3 Å². The highest BCUT2D eigenvalue weighted by molar-refractivity contribution is 6.15. The number of ketones is 1. The number of Topliss-reactive ketones (excluding diaryl/α,β-unsaturated/α-hetero) is 1. The van der Waals surface area contributed by atoms with E-state index in [2.05, 4.69) is 17.0 Å². The molecule has 0 aliphatic carbocycles. The molecule has 184 valence electrons. The van der Waals surface area contributed by atoms with Crippen molar-refractivity contribution in [2.75, 3.05) is 19.7 Å². The molecular weight excluding hydrogens is 454 g/mol. The molecule has 0 unspecified atom stereocenters. The van der Waals surface area contributed by atoms with Crippen molar-refractivity contribution in [3.05, 3.63) is 89.2 Å². The Balaban J connectivity index is 1.31. The minimum absolute atomic E-state index is 0.0862. The molecule has 36 heavy (non-hydrogen) atoms. The van der Waals surface area contributed by atoms with E-state index in [9.17, 15) is 14.7 Å². The molecule has 6 heteroatoms. The third-order valence-corrected chi connectivity index (χ3v) is 6.82. The van der Waals surface area contributed by atoms with Gasteiger partial charge in [-0.1, -0.05) is 54.6 Å². The Kier molecular flexibility index (Phi) is 6.87. The number of phenolic OH excluding ortho intramolecular Hbond substituents is 1. The second-order valence-electron chi connectivity index (χ2n) is 9.17. The molecule has 3 aromatic carbocycles. The number of rotatable bonds is 6. The smallest absolute Gasteiger partial charge is 0.309 e. The van der Waals surface area contributed by atoms with Crippen LogP contribution in [0.1, 0.15) is 41.3 Å². The third-order valence-electron chi connectivity index (χ3n) is 6.82. The van der Waals surface area contributed by atoms with E-state index in [1.54, 1.807) is 18.2 Å². The number of phenols is 1. The van der Waals surface area contributed by atoms with Crippen molar-refractivity contribution in [1.82, 2.24) is 4.90 Å². The molecule has 2 aliphatic heterocycles. The van der Waals surface area contributed by atoms with Crippen LogP contribution in [0.4, 0.5) is 0 Å². The van der Waals surface area contributed by atoms with Crippen LogP contribution in [0.25, 0.3) is 17.2 Å². The standard InChI is InChI=1S/C30H29NO5/c1-2-35-30(34)23-14-16-31(17-15-23)19-25-26(32)13-12-24-28(33)27(36-29(24)25)18-20-8-10-22(11-9-20)21-6-4-3-5-7-21/h3-13,18,23,32H,2,14-17,19H2,1H3/b27-18+. The van der Waals surface area contributed by atoms with Crippen LogP contribution in [-0.2, 0) is 16.1 Å². The van der Waals surface area contributed by atoms with Crippen molar-refractivity contribution in [3.8, 4) is 22.6 Å². The van der Waals surface area contributed by atoms with E-state index in [4.69, 9.17) is 9.47 Å². The summed E-state index contributed by atoms with van der Waals surface area (Å²) in [7, 11) is 0. The van der Waals surface area contributed by atoms with Crippen molar-refractivity contribution in [1.29, 1.82) is 0 Å². The first-order valence-electron chi connectivity index (χ1n) is 12.4. The summed E-state index contributed by atoms with van der Waals surface area (Å²) in [6, 6.07) is 21.2. The fourth-order valence-corrected chi connectivity index (χ4v) is 4.81. The molecular formula is C30H29NO5.